The number of carbonyl (C=O) groups excluding carboxylic acids is 2. The van der Waals surface area contributed by atoms with Crippen LogP contribution < -0.4 is 0 Å². The Balaban J connectivity index is 1.85. The lowest BCUT2D eigenvalue weighted by molar-refractivity contribution is -0.159. The molecule has 7 heteroatoms. The van der Waals surface area contributed by atoms with Crippen molar-refractivity contribution < 1.29 is 28.9 Å². The molecule has 0 aliphatic heterocycles. The van der Waals surface area contributed by atoms with Crippen LogP contribution in [-0.2, 0) is 30.2 Å². The quantitative estimate of drug-likeness (QED) is 0.198. The molecule has 0 spiro atoms. The largest absolute Gasteiger partial charge is 0.458 e. The van der Waals surface area contributed by atoms with Crippen LogP contribution >= 0.6 is 11.6 Å². The maximum atomic E-state index is 12.0. The average molecular weight is 507 g/mol. The first-order chi connectivity index (χ1) is 16.7. The molecule has 1 aliphatic rings. The standard InChI is InChI=1S/C28H39ClO6/c1-5-6-7-8-22-9-10-23(15-26(22)29)21-11-13-24(14-12-21)33-17-25(35-27(31)19(2)3)18-34-28(32)20(4)16-30/h9-10,15,21,24-25,30H,2,4-8,11-14,16-18H2,1,3H3. The lowest BCUT2D eigenvalue weighted by Crippen LogP contribution is -2.33. The summed E-state index contributed by atoms with van der Waals surface area (Å²) in [4.78, 5) is 23.8. The predicted molar refractivity (Wildman–Crippen MR) is 138 cm³/mol. The Bertz CT molecular complexity index is 872. The van der Waals surface area contributed by atoms with E-state index in [9.17, 15) is 9.59 Å². The molecule has 35 heavy (non-hydrogen) atoms. The molecule has 1 saturated carbocycles. The van der Waals surface area contributed by atoms with Gasteiger partial charge in [-0.3, -0.25) is 0 Å². The number of carbonyl (C=O) groups is 2. The number of hydrogen-bond donors (Lipinski definition) is 1. The molecule has 1 unspecified atom stereocenters. The minimum atomic E-state index is -0.772. The number of rotatable bonds is 14. The third-order valence-electron chi connectivity index (χ3n) is 6.29. The first kappa shape index (κ1) is 29.1. The SMILES string of the molecule is C=C(C)C(=O)OC(COC(=O)C(=C)CO)COC1CCC(c2ccc(CCCCC)c(Cl)c2)CC1. The van der Waals surface area contributed by atoms with Crippen molar-refractivity contribution in [1.29, 1.82) is 0 Å². The Kier molecular flexibility index (Phi) is 12.5. The molecular weight excluding hydrogens is 468 g/mol. The molecule has 194 valence electrons. The molecule has 1 aromatic carbocycles. The monoisotopic (exact) mass is 506 g/mol. The number of aliphatic hydroxyl groups is 1. The van der Waals surface area contributed by atoms with E-state index in [2.05, 4.69) is 38.3 Å². The van der Waals surface area contributed by atoms with Crippen molar-refractivity contribution in [1.82, 2.24) is 0 Å². The first-order valence-electron chi connectivity index (χ1n) is 12.5. The zero-order valence-electron chi connectivity index (χ0n) is 21.0. The second kappa shape index (κ2) is 15.1. The van der Waals surface area contributed by atoms with Gasteiger partial charge in [0.05, 0.1) is 24.9 Å². The molecule has 0 amide bonds. The highest BCUT2D eigenvalue weighted by atomic mass is 35.5. The van der Waals surface area contributed by atoms with Gasteiger partial charge in [0.25, 0.3) is 0 Å². The van der Waals surface area contributed by atoms with Gasteiger partial charge in [-0.2, -0.15) is 0 Å². The van der Waals surface area contributed by atoms with Gasteiger partial charge in [-0.25, -0.2) is 9.59 Å². The van der Waals surface area contributed by atoms with Crippen molar-refractivity contribution in [3.63, 3.8) is 0 Å². The number of hydrogen-bond acceptors (Lipinski definition) is 6. The fraction of sp³-hybridized carbons (Fsp3) is 0.571. The second-order valence-electron chi connectivity index (χ2n) is 9.28. The Hall–Kier alpha value is -2.15. The van der Waals surface area contributed by atoms with Crippen molar-refractivity contribution in [3.05, 3.63) is 58.7 Å². The maximum Gasteiger partial charge on any atom is 0.335 e. The summed E-state index contributed by atoms with van der Waals surface area (Å²) in [6.45, 7) is 10.2. The number of ether oxygens (including phenoxy) is 3. The zero-order valence-corrected chi connectivity index (χ0v) is 21.8. The summed E-state index contributed by atoms with van der Waals surface area (Å²) in [6.07, 6.45) is 7.58. The lowest BCUT2D eigenvalue weighted by Gasteiger charge is -2.30. The van der Waals surface area contributed by atoms with E-state index in [1.807, 2.05) is 0 Å². The predicted octanol–water partition coefficient (Wildman–Crippen LogP) is 5.70. The summed E-state index contributed by atoms with van der Waals surface area (Å²) in [5, 5.41) is 9.87. The van der Waals surface area contributed by atoms with Crippen LogP contribution in [0, 0.1) is 0 Å². The summed E-state index contributed by atoms with van der Waals surface area (Å²) in [6, 6.07) is 6.50. The van der Waals surface area contributed by atoms with Crippen LogP contribution in [0.5, 0.6) is 0 Å². The smallest absolute Gasteiger partial charge is 0.335 e. The van der Waals surface area contributed by atoms with Crippen molar-refractivity contribution in [2.24, 2.45) is 0 Å². The van der Waals surface area contributed by atoms with Crippen LogP contribution in [0.3, 0.4) is 0 Å². The number of aliphatic hydroxyl groups excluding tert-OH is 1. The van der Waals surface area contributed by atoms with Crippen molar-refractivity contribution in [2.75, 3.05) is 19.8 Å². The second-order valence-corrected chi connectivity index (χ2v) is 9.69. The van der Waals surface area contributed by atoms with E-state index in [0.29, 0.717) is 5.92 Å². The zero-order chi connectivity index (χ0) is 25.8. The Morgan fingerprint density at radius 1 is 1.11 bits per heavy atom. The summed E-state index contributed by atoms with van der Waals surface area (Å²) in [7, 11) is 0. The van der Waals surface area contributed by atoms with E-state index >= 15 is 0 Å². The third kappa shape index (κ3) is 9.79. The molecule has 0 bridgehead atoms. The fourth-order valence-corrected chi connectivity index (χ4v) is 4.38. The Morgan fingerprint density at radius 2 is 1.83 bits per heavy atom. The van der Waals surface area contributed by atoms with Crippen LogP contribution in [0.2, 0.25) is 5.02 Å². The number of aryl methyl sites for hydroxylation is 1. The van der Waals surface area contributed by atoms with Crippen molar-refractivity contribution in [2.45, 2.75) is 83.3 Å². The molecule has 1 N–H and O–H groups in total. The first-order valence-corrected chi connectivity index (χ1v) is 12.8. The number of unbranched alkanes of at least 4 members (excludes halogenated alkanes) is 2. The third-order valence-corrected chi connectivity index (χ3v) is 6.64. The maximum absolute atomic E-state index is 12.0. The summed E-state index contributed by atoms with van der Waals surface area (Å²) < 4.78 is 16.5. The number of benzene rings is 1. The molecule has 1 fully saturated rings. The molecule has 0 saturated heterocycles. The topological polar surface area (TPSA) is 82.1 Å². The van der Waals surface area contributed by atoms with Gasteiger partial charge in [0.15, 0.2) is 6.10 Å². The van der Waals surface area contributed by atoms with E-state index in [-0.39, 0.29) is 30.5 Å². The van der Waals surface area contributed by atoms with Gasteiger partial charge in [0.2, 0.25) is 0 Å². The minimum Gasteiger partial charge on any atom is -0.458 e. The number of esters is 2. The van der Waals surface area contributed by atoms with E-state index < -0.39 is 24.6 Å². The molecule has 1 aliphatic carbocycles. The highest BCUT2D eigenvalue weighted by Gasteiger charge is 2.26. The van der Waals surface area contributed by atoms with Crippen LogP contribution in [0.25, 0.3) is 0 Å². The lowest BCUT2D eigenvalue weighted by atomic mass is 9.82. The number of halogens is 1. The van der Waals surface area contributed by atoms with Gasteiger partial charge < -0.3 is 19.3 Å². The molecule has 1 atom stereocenters. The van der Waals surface area contributed by atoms with Gasteiger partial charge in [-0.15, -0.1) is 0 Å². The molecule has 0 aromatic heterocycles. The average Bonchev–Trinajstić information content (AvgIpc) is 2.86. The minimum absolute atomic E-state index is 0.0316. The molecular formula is C28H39ClO6. The molecule has 2 rings (SSSR count). The highest BCUT2D eigenvalue weighted by molar-refractivity contribution is 6.31. The van der Waals surface area contributed by atoms with Gasteiger partial charge in [0.1, 0.15) is 6.61 Å². The Morgan fingerprint density at radius 3 is 2.43 bits per heavy atom. The molecule has 0 radical (unpaired) electrons. The highest BCUT2D eigenvalue weighted by Crippen LogP contribution is 2.36. The van der Waals surface area contributed by atoms with Gasteiger partial charge in [0, 0.05) is 10.6 Å². The summed E-state index contributed by atoms with van der Waals surface area (Å²) in [5.74, 6) is -0.867. The molecule has 6 nitrogen and oxygen atoms in total. The van der Waals surface area contributed by atoms with E-state index in [1.165, 1.54) is 24.0 Å². The van der Waals surface area contributed by atoms with E-state index in [4.69, 9.17) is 30.9 Å². The van der Waals surface area contributed by atoms with E-state index in [1.54, 1.807) is 6.92 Å². The van der Waals surface area contributed by atoms with Gasteiger partial charge >= 0.3 is 11.9 Å². The van der Waals surface area contributed by atoms with Crippen molar-refractivity contribution >= 4 is 23.5 Å². The van der Waals surface area contributed by atoms with Crippen LogP contribution in [0.1, 0.15) is 75.8 Å². The van der Waals surface area contributed by atoms with Crippen LogP contribution in [0.15, 0.2) is 42.5 Å². The molecule has 0 heterocycles. The van der Waals surface area contributed by atoms with Crippen molar-refractivity contribution in [3.8, 4) is 0 Å². The summed E-state index contributed by atoms with van der Waals surface area (Å²) in [5.41, 5.74) is 2.68. The fourth-order valence-electron chi connectivity index (χ4n) is 4.10. The Labute approximate surface area is 214 Å². The van der Waals surface area contributed by atoms with Crippen LogP contribution in [0.4, 0.5) is 0 Å². The van der Waals surface area contributed by atoms with E-state index in [0.717, 1.165) is 43.5 Å². The van der Waals surface area contributed by atoms with Gasteiger partial charge in [-0.05, 0) is 68.6 Å². The van der Waals surface area contributed by atoms with Gasteiger partial charge in [-0.1, -0.05) is 56.7 Å². The van der Waals surface area contributed by atoms with Crippen LogP contribution in [-0.4, -0.2) is 49.1 Å². The molecule has 1 aromatic rings. The summed E-state index contributed by atoms with van der Waals surface area (Å²) >= 11 is 6.56. The normalized spacial score (nSPS) is 18.5.